The zero-order valence-electron chi connectivity index (χ0n) is 33.7. The highest BCUT2D eigenvalue weighted by Gasteiger charge is 2.31. The molecule has 14 nitrogen and oxygen atoms in total. The van der Waals surface area contributed by atoms with Gasteiger partial charge in [-0.1, -0.05) is 24.3 Å². The summed E-state index contributed by atoms with van der Waals surface area (Å²) in [5, 5.41) is 13.8. The molecule has 4 amide bonds. The lowest BCUT2D eigenvalue weighted by atomic mass is 9.93. The number of nitrogens with one attached hydrogen (secondary N) is 1. The topological polar surface area (TPSA) is 189 Å². The lowest BCUT2D eigenvalue weighted by Gasteiger charge is -2.38. The fraction of sp³-hybridized carbons (Fsp3) is 0.400. The second kappa shape index (κ2) is 17.1. The van der Waals surface area contributed by atoms with E-state index in [0.29, 0.717) is 67.1 Å². The van der Waals surface area contributed by atoms with Crippen LogP contribution >= 0.6 is 0 Å². The number of carbonyl (C=O) groups is 3. The molecule has 4 aliphatic rings. The van der Waals surface area contributed by atoms with Crippen molar-refractivity contribution in [3.63, 3.8) is 0 Å². The Kier molecular flexibility index (Phi) is 11.5. The van der Waals surface area contributed by atoms with Gasteiger partial charge in [-0.25, -0.2) is 4.79 Å². The summed E-state index contributed by atoms with van der Waals surface area (Å²) in [5.41, 5.74) is 24.7. The minimum absolute atomic E-state index is 0.0625. The molecule has 310 valence electrons. The molecule has 4 saturated heterocycles. The molecular formula is C45H55N9O5. The van der Waals surface area contributed by atoms with Gasteiger partial charge in [-0.05, 0) is 98.2 Å². The fourth-order valence-corrected chi connectivity index (χ4v) is 9.29. The molecule has 0 spiro atoms. The molecule has 5 heterocycles. The third-order valence-corrected chi connectivity index (χ3v) is 12.5. The second-order valence-corrected chi connectivity index (χ2v) is 16.3. The fourth-order valence-electron chi connectivity index (χ4n) is 9.29. The van der Waals surface area contributed by atoms with Gasteiger partial charge in [0, 0.05) is 93.2 Å². The SMILES string of the molecule is Cc1cc(C(=O)N2CCC(CN3CCC(n4ccc5c(N6CCC(=O)NC6=O)cccc54)CC3)CC2)ccc1C1CN(C(/C=C(\N)c2ccccc2O)=C(N)N)CCO1. The van der Waals surface area contributed by atoms with E-state index in [4.69, 9.17) is 21.9 Å². The normalized spacial score (nSPS) is 20.3. The van der Waals surface area contributed by atoms with Crippen LogP contribution in [0, 0.1) is 12.8 Å². The van der Waals surface area contributed by atoms with Crippen LogP contribution in [0.15, 0.2) is 90.5 Å². The first-order valence-corrected chi connectivity index (χ1v) is 20.7. The quantitative estimate of drug-likeness (QED) is 0.148. The molecule has 0 aliphatic carbocycles. The van der Waals surface area contributed by atoms with Crippen molar-refractivity contribution in [1.29, 1.82) is 0 Å². The number of likely N-dealkylation sites (tertiary alicyclic amines) is 2. The number of aromatic nitrogens is 1. The molecule has 4 aromatic rings. The van der Waals surface area contributed by atoms with Gasteiger partial charge in [0.15, 0.2) is 0 Å². The zero-order chi connectivity index (χ0) is 41.2. The van der Waals surface area contributed by atoms with Gasteiger partial charge in [0.05, 0.1) is 23.5 Å². The van der Waals surface area contributed by atoms with Crippen LogP contribution < -0.4 is 27.4 Å². The number of aryl methyl sites for hydroxylation is 1. The van der Waals surface area contributed by atoms with Gasteiger partial charge < -0.3 is 46.3 Å². The number of nitrogens with zero attached hydrogens (tertiary/aromatic N) is 5. The Morgan fingerprint density at radius 1 is 0.898 bits per heavy atom. The monoisotopic (exact) mass is 801 g/mol. The largest absolute Gasteiger partial charge is 0.507 e. The van der Waals surface area contributed by atoms with Crippen LogP contribution in [-0.2, 0) is 9.53 Å². The van der Waals surface area contributed by atoms with Crippen LogP contribution in [0.4, 0.5) is 10.5 Å². The number of phenolic OH excluding ortho intramolecular Hbond substituents is 1. The molecule has 1 unspecified atom stereocenters. The molecule has 0 radical (unpaired) electrons. The maximum Gasteiger partial charge on any atom is 0.328 e. The van der Waals surface area contributed by atoms with Gasteiger partial charge in [-0.3, -0.25) is 19.8 Å². The highest BCUT2D eigenvalue weighted by molar-refractivity contribution is 6.09. The van der Waals surface area contributed by atoms with Crippen LogP contribution in [0.5, 0.6) is 5.75 Å². The van der Waals surface area contributed by atoms with Gasteiger partial charge in [0.2, 0.25) is 5.91 Å². The number of benzene rings is 3. The van der Waals surface area contributed by atoms with E-state index in [1.165, 1.54) is 0 Å². The number of carbonyl (C=O) groups excluding carboxylic acids is 3. The second-order valence-electron chi connectivity index (χ2n) is 16.3. The Labute approximate surface area is 344 Å². The molecule has 4 fully saturated rings. The molecule has 8 rings (SSSR count). The molecule has 14 heteroatoms. The van der Waals surface area contributed by atoms with Crippen LogP contribution in [-0.4, -0.2) is 101 Å². The van der Waals surface area contributed by atoms with E-state index in [0.717, 1.165) is 86.1 Å². The lowest BCUT2D eigenvalue weighted by Crippen LogP contribution is -2.49. The minimum atomic E-state index is -0.362. The van der Waals surface area contributed by atoms with E-state index in [2.05, 4.69) is 33.1 Å². The number of amides is 4. The number of morpholine rings is 1. The summed E-state index contributed by atoms with van der Waals surface area (Å²) >= 11 is 0. The summed E-state index contributed by atoms with van der Waals surface area (Å²) in [6.07, 6.45) is 7.94. The highest BCUT2D eigenvalue weighted by Crippen LogP contribution is 2.35. The number of hydrogen-bond donors (Lipinski definition) is 5. The summed E-state index contributed by atoms with van der Waals surface area (Å²) in [6, 6.07) is 20.9. The molecule has 4 aliphatic heterocycles. The smallest absolute Gasteiger partial charge is 0.328 e. The molecule has 1 aromatic heterocycles. The van der Waals surface area contributed by atoms with E-state index in [1.807, 2.05) is 47.1 Å². The van der Waals surface area contributed by atoms with Crippen molar-refractivity contribution in [2.75, 3.05) is 63.9 Å². The molecular weight excluding hydrogens is 747 g/mol. The van der Waals surface area contributed by atoms with Gasteiger partial charge in [-0.2, -0.15) is 0 Å². The minimum Gasteiger partial charge on any atom is -0.507 e. The van der Waals surface area contributed by atoms with Crippen LogP contribution in [0.3, 0.4) is 0 Å². The lowest BCUT2D eigenvalue weighted by molar-refractivity contribution is -0.120. The number of para-hydroxylation sites is 1. The third kappa shape index (κ3) is 8.46. The number of imide groups is 1. The number of phenols is 1. The maximum atomic E-state index is 13.7. The van der Waals surface area contributed by atoms with Crippen molar-refractivity contribution < 1.29 is 24.2 Å². The predicted molar refractivity (Wildman–Crippen MR) is 228 cm³/mol. The van der Waals surface area contributed by atoms with Gasteiger partial charge in [0.1, 0.15) is 17.7 Å². The van der Waals surface area contributed by atoms with Gasteiger partial charge in [-0.15, -0.1) is 0 Å². The number of fused-ring (bicyclic) bond motifs is 1. The van der Waals surface area contributed by atoms with Crippen molar-refractivity contribution in [1.82, 2.24) is 24.6 Å². The summed E-state index contributed by atoms with van der Waals surface area (Å²) in [7, 11) is 0. The number of hydrogen-bond acceptors (Lipinski definition) is 10. The van der Waals surface area contributed by atoms with E-state index in [9.17, 15) is 19.5 Å². The molecule has 0 saturated carbocycles. The molecule has 8 N–H and O–H groups in total. The zero-order valence-corrected chi connectivity index (χ0v) is 33.7. The first-order chi connectivity index (χ1) is 28.5. The first kappa shape index (κ1) is 39.8. The van der Waals surface area contributed by atoms with E-state index in [-0.39, 0.29) is 35.5 Å². The summed E-state index contributed by atoms with van der Waals surface area (Å²) in [5.74, 6) is 0.582. The number of allylic oxidation sites excluding steroid dienone is 1. The van der Waals surface area contributed by atoms with Gasteiger partial charge in [0.25, 0.3) is 5.91 Å². The van der Waals surface area contributed by atoms with E-state index >= 15 is 0 Å². The van der Waals surface area contributed by atoms with E-state index < -0.39 is 0 Å². The Morgan fingerprint density at radius 3 is 2.41 bits per heavy atom. The van der Waals surface area contributed by atoms with Gasteiger partial charge >= 0.3 is 6.03 Å². The number of nitrogens with two attached hydrogens (primary N) is 3. The Balaban J connectivity index is 0.827. The molecule has 59 heavy (non-hydrogen) atoms. The molecule has 3 aromatic carbocycles. The van der Waals surface area contributed by atoms with Crippen molar-refractivity contribution in [3.05, 3.63) is 113 Å². The number of piperidine rings is 2. The Morgan fingerprint density at radius 2 is 1.68 bits per heavy atom. The summed E-state index contributed by atoms with van der Waals surface area (Å²) in [4.78, 5) is 46.3. The predicted octanol–water partition coefficient (Wildman–Crippen LogP) is 4.75. The number of rotatable bonds is 9. The van der Waals surface area contributed by atoms with Crippen molar-refractivity contribution >= 4 is 40.1 Å². The van der Waals surface area contributed by atoms with Crippen LogP contribution in [0.2, 0.25) is 0 Å². The Bertz CT molecular complexity index is 2280. The third-order valence-electron chi connectivity index (χ3n) is 12.5. The van der Waals surface area contributed by atoms with Crippen LogP contribution in [0.25, 0.3) is 16.6 Å². The van der Waals surface area contributed by atoms with Crippen molar-refractivity contribution in [3.8, 4) is 5.75 Å². The average molecular weight is 802 g/mol. The number of ether oxygens (including phenoxy) is 1. The number of anilines is 1. The average Bonchev–Trinajstić information content (AvgIpc) is 3.68. The van der Waals surface area contributed by atoms with Crippen molar-refractivity contribution in [2.24, 2.45) is 23.1 Å². The number of urea groups is 1. The summed E-state index contributed by atoms with van der Waals surface area (Å²) < 4.78 is 8.58. The van der Waals surface area contributed by atoms with Crippen molar-refractivity contribution in [2.45, 2.75) is 51.2 Å². The number of aromatic hydroxyl groups is 1. The van der Waals surface area contributed by atoms with E-state index in [1.54, 1.807) is 35.2 Å². The first-order valence-electron chi connectivity index (χ1n) is 20.7. The standard InChI is InChI=1S/C45H55N9O5/c1-29-25-31(9-10-33(29)41-28-52(23-24-59-41)39(43(47)48)26-36(46)34-5-2-3-8-40(34)55)44(57)51-19-11-30(12-20-51)27-50-17-13-32(14-18-50)53-21-15-35-37(53)6-4-7-38(35)54-22-16-42(56)49-45(54)58/h2-10,15,21,25-26,30,32,41,55H,11-14,16-20,22-24,27-28,46-48H2,1H3,(H,49,56,58)/b36-26-. The van der Waals surface area contributed by atoms with Crippen LogP contribution in [0.1, 0.15) is 71.3 Å². The maximum absolute atomic E-state index is 13.7. The highest BCUT2D eigenvalue weighted by atomic mass is 16.5. The molecule has 0 bridgehead atoms. The summed E-state index contributed by atoms with van der Waals surface area (Å²) in [6.45, 7) is 8.50. The Hall–Kier alpha value is -5.99. The molecule has 1 atom stereocenters.